The number of fused-ring (bicyclic) bond motifs is 1. The van der Waals surface area contributed by atoms with Crippen LogP contribution in [-0.2, 0) is 17.7 Å². The van der Waals surface area contributed by atoms with Crippen LogP contribution >= 0.6 is 23.1 Å². The lowest BCUT2D eigenvalue weighted by Gasteiger charge is -2.16. The van der Waals surface area contributed by atoms with Crippen molar-refractivity contribution in [3.8, 4) is 0 Å². The van der Waals surface area contributed by atoms with E-state index in [2.05, 4.69) is 0 Å². The van der Waals surface area contributed by atoms with Crippen molar-refractivity contribution in [2.24, 2.45) is 0 Å². The Bertz CT molecular complexity index is 1130. The maximum atomic E-state index is 13.4. The van der Waals surface area contributed by atoms with Gasteiger partial charge in [0, 0.05) is 17.0 Å². The number of carbonyl (C=O) groups is 1. The molecule has 5 nitrogen and oxygen atoms in total. The Morgan fingerprint density at radius 3 is 2.80 bits per heavy atom. The van der Waals surface area contributed by atoms with Crippen LogP contribution in [-0.4, -0.2) is 33.8 Å². The van der Waals surface area contributed by atoms with Gasteiger partial charge in [-0.1, -0.05) is 18.7 Å². The number of thioether (sulfide) groups is 1. The van der Waals surface area contributed by atoms with E-state index in [-0.39, 0.29) is 29.0 Å². The molecule has 30 heavy (non-hydrogen) atoms. The molecule has 1 aliphatic rings. The third kappa shape index (κ3) is 4.22. The Morgan fingerprint density at radius 1 is 1.37 bits per heavy atom. The molecule has 0 N–H and O–H groups in total. The zero-order valence-electron chi connectivity index (χ0n) is 16.9. The van der Waals surface area contributed by atoms with Gasteiger partial charge in [0.2, 0.25) is 0 Å². The number of benzene rings is 1. The Balaban J connectivity index is 1.68. The van der Waals surface area contributed by atoms with Gasteiger partial charge in [-0.05, 0) is 56.0 Å². The Morgan fingerprint density at radius 2 is 2.13 bits per heavy atom. The average molecular weight is 447 g/mol. The first-order valence-electron chi connectivity index (χ1n) is 10.0. The minimum atomic E-state index is -0.378. The van der Waals surface area contributed by atoms with Gasteiger partial charge < -0.3 is 4.74 Å². The Kier molecular flexibility index (Phi) is 6.36. The molecule has 1 atom stereocenters. The molecule has 0 saturated carbocycles. The highest BCUT2D eigenvalue weighted by atomic mass is 32.2. The molecule has 1 aliphatic heterocycles. The number of ether oxygens (including phenoxy) is 1. The quantitative estimate of drug-likeness (QED) is 0.301. The molecule has 1 saturated heterocycles. The molecule has 3 aromatic rings. The van der Waals surface area contributed by atoms with Gasteiger partial charge in [0.15, 0.2) is 10.9 Å². The molecular weight excluding hydrogens is 423 g/mol. The SMILES string of the molecule is CCc1c(C)sc2nc(SCC(=O)c3ccc(F)cc3)n(CC3CCCO3)c(=O)c12. The van der Waals surface area contributed by atoms with E-state index in [0.29, 0.717) is 29.3 Å². The fraction of sp³-hybridized carbons (Fsp3) is 0.409. The molecular formula is C22H23FN2O3S2. The minimum Gasteiger partial charge on any atom is -0.376 e. The van der Waals surface area contributed by atoms with Crippen molar-refractivity contribution in [1.82, 2.24) is 9.55 Å². The maximum Gasteiger partial charge on any atom is 0.263 e. The smallest absolute Gasteiger partial charge is 0.263 e. The molecule has 1 fully saturated rings. The molecule has 1 unspecified atom stereocenters. The molecule has 0 bridgehead atoms. The summed E-state index contributed by atoms with van der Waals surface area (Å²) in [6, 6.07) is 5.50. The monoisotopic (exact) mass is 446 g/mol. The third-order valence-corrected chi connectivity index (χ3v) is 7.36. The maximum absolute atomic E-state index is 13.4. The van der Waals surface area contributed by atoms with E-state index in [9.17, 15) is 14.0 Å². The number of rotatable bonds is 7. The Hall–Kier alpha value is -2.03. The number of Topliss-reactive ketones (excluding diaryl/α,β-unsaturated/α-hetero) is 1. The van der Waals surface area contributed by atoms with Gasteiger partial charge in [0.25, 0.3) is 5.56 Å². The summed E-state index contributed by atoms with van der Waals surface area (Å²) in [5, 5.41) is 1.22. The molecule has 0 amide bonds. The summed E-state index contributed by atoms with van der Waals surface area (Å²) in [7, 11) is 0. The third-order valence-electron chi connectivity index (χ3n) is 5.34. The van der Waals surface area contributed by atoms with Crippen LogP contribution < -0.4 is 5.56 Å². The van der Waals surface area contributed by atoms with Crippen LogP contribution in [0.5, 0.6) is 0 Å². The van der Waals surface area contributed by atoms with Crippen molar-refractivity contribution < 1.29 is 13.9 Å². The average Bonchev–Trinajstić information content (AvgIpc) is 3.36. The van der Waals surface area contributed by atoms with Crippen molar-refractivity contribution in [3.63, 3.8) is 0 Å². The molecule has 0 spiro atoms. The van der Waals surface area contributed by atoms with Crippen LogP contribution in [0.4, 0.5) is 4.39 Å². The normalized spacial score (nSPS) is 16.4. The van der Waals surface area contributed by atoms with Gasteiger partial charge in [-0.15, -0.1) is 11.3 Å². The Labute approximate surface area is 182 Å². The molecule has 4 rings (SSSR count). The first-order chi connectivity index (χ1) is 14.5. The van der Waals surface area contributed by atoms with Crippen molar-refractivity contribution >= 4 is 39.1 Å². The predicted octanol–water partition coefficient (Wildman–Crippen LogP) is 4.62. The van der Waals surface area contributed by atoms with E-state index in [4.69, 9.17) is 9.72 Å². The number of hydrogen-bond acceptors (Lipinski definition) is 6. The summed E-state index contributed by atoms with van der Waals surface area (Å²) in [6.07, 6.45) is 2.65. The molecule has 2 aromatic heterocycles. The summed E-state index contributed by atoms with van der Waals surface area (Å²) in [4.78, 5) is 32.6. The molecule has 0 aliphatic carbocycles. The van der Waals surface area contributed by atoms with Gasteiger partial charge in [0.1, 0.15) is 10.6 Å². The number of hydrogen-bond donors (Lipinski definition) is 0. The van der Waals surface area contributed by atoms with Gasteiger partial charge in [-0.3, -0.25) is 14.2 Å². The highest BCUT2D eigenvalue weighted by Gasteiger charge is 2.23. The second-order valence-electron chi connectivity index (χ2n) is 7.33. The molecule has 158 valence electrons. The van der Waals surface area contributed by atoms with E-state index >= 15 is 0 Å². The molecule has 1 aromatic carbocycles. The lowest BCUT2D eigenvalue weighted by molar-refractivity contribution is 0.0937. The van der Waals surface area contributed by atoms with E-state index in [1.165, 1.54) is 47.4 Å². The highest BCUT2D eigenvalue weighted by molar-refractivity contribution is 7.99. The zero-order valence-corrected chi connectivity index (χ0v) is 18.6. The standard InChI is InChI=1S/C22H23FN2O3S2/c1-3-17-13(2)30-20-19(17)21(27)25(11-16-5-4-10-28-16)22(24-20)29-12-18(26)14-6-8-15(23)9-7-14/h6-9,16H,3-5,10-12H2,1-2H3. The number of thiophene rings is 1. The summed E-state index contributed by atoms with van der Waals surface area (Å²) in [5.74, 6) is -0.383. The van der Waals surface area contributed by atoms with Crippen LogP contribution in [0, 0.1) is 12.7 Å². The summed E-state index contributed by atoms with van der Waals surface area (Å²) < 4.78 is 20.6. The summed E-state index contributed by atoms with van der Waals surface area (Å²) in [5.41, 5.74) is 1.43. The summed E-state index contributed by atoms with van der Waals surface area (Å²) in [6.45, 7) is 5.20. The molecule has 0 radical (unpaired) electrons. The minimum absolute atomic E-state index is 0.0149. The van der Waals surface area contributed by atoms with Crippen molar-refractivity contribution in [2.45, 2.75) is 50.9 Å². The van der Waals surface area contributed by atoms with Gasteiger partial charge in [-0.25, -0.2) is 9.37 Å². The highest BCUT2D eigenvalue weighted by Crippen LogP contribution is 2.30. The fourth-order valence-electron chi connectivity index (χ4n) is 3.77. The van der Waals surface area contributed by atoms with E-state index in [0.717, 1.165) is 34.5 Å². The second-order valence-corrected chi connectivity index (χ2v) is 9.48. The lowest BCUT2D eigenvalue weighted by Crippen LogP contribution is -2.29. The van der Waals surface area contributed by atoms with Crippen LogP contribution in [0.25, 0.3) is 10.2 Å². The molecule has 3 heterocycles. The summed E-state index contributed by atoms with van der Waals surface area (Å²) >= 11 is 2.77. The van der Waals surface area contributed by atoms with E-state index in [1.807, 2.05) is 13.8 Å². The zero-order chi connectivity index (χ0) is 21.3. The van der Waals surface area contributed by atoms with Crippen LogP contribution in [0.2, 0.25) is 0 Å². The second kappa shape index (κ2) is 8.99. The van der Waals surface area contributed by atoms with E-state index < -0.39 is 0 Å². The van der Waals surface area contributed by atoms with Crippen molar-refractivity contribution in [3.05, 3.63) is 56.4 Å². The van der Waals surface area contributed by atoms with E-state index in [1.54, 1.807) is 4.57 Å². The van der Waals surface area contributed by atoms with Gasteiger partial charge >= 0.3 is 0 Å². The number of carbonyl (C=O) groups excluding carboxylic acids is 1. The largest absolute Gasteiger partial charge is 0.376 e. The first kappa shape index (κ1) is 21.2. The first-order valence-corrected chi connectivity index (χ1v) is 11.8. The topological polar surface area (TPSA) is 61.2 Å². The number of ketones is 1. The molecule has 8 heteroatoms. The van der Waals surface area contributed by atoms with Gasteiger partial charge in [0.05, 0.1) is 23.8 Å². The van der Waals surface area contributed by atoms with Crippen LogP contribution in [0.15, 0.2) is 34.2 Å². The van der Waals surface area contributed by atoms with Crippen molar-refractivity contribution in [1.29, 1.82) is 0 Å². The fourth-order valence-corrected chi connectivity index (χ4v) is 5.83. The number of aromatic nitrogens is 2. The lowest BCUT2D eigenvalue weighted by atomic mass is 10.1. The predicted molar refractivity (Wildman–Crippen MR) is 118 cm³/mol. The number of aryl methyl sites for hydroxylation is 2. The number of nitrogens with zero attached hydrogens (tertiary/aromatic N) is 2. The van der Waals surface area contributed by atoms with Crippen molar-refractivity contribution in [2.75, 3.05) is 12.4 Å². The van der Waals surface area contributed by atoms with Crippen LogP contribution in [0.1, 0.15) is 40.6 Å². The van der Waals surface area contributed by atoms with Gasteiger partial charge in [-0.2, -0.15) is 0 Å². The number of halogens is 1. The van der Waals surface area contributed by atoms with Crippen LogP contribution in [0.3, 0.4) is 0 Å².